The molecule has 0 bridgehead atoms. The molecular weight excluding hydrogens is 743 g/mol. The van der Waals surface area contributed by atoms with E-state index in [2.05, 4.69) is 170 Å². The molecule has 0 fully saturated rings. The zero-order chi connectivity index (χ0) is 40.5. The summed E-state index contributed by atoms with van der Waals surface area (Å²) >= 11 is 0. The average Bonchev–Trinajstić information content (AvgIpc) is 3.73. The van der Waals surface area contributed by atoms with Crippen molar-refractivity contribution in [2.45, 2.75) is 0 Å². The van der Waals surface area contributed by atoms with Crippen LogP contribution >= 0.6 is 0 Å². The van der Waals surface area contributed by atoms with Crippen LogP contribution in [0.15, 0.2) is 229 Å². The molecule has 0 atom stereocenters. The van der Waals surface area contributed by atoms with Gasteiger partial charge in [0.15, 0.2) is 17.5 Å². The monoisotopic (exact) mass is 779 g/mol. The first-order valence-electron chi connectivity index (χ1n) is 20.5. The third-order valence-electron chi connectivity index (χ3n) is 11.4. The van der Waals surface area contributed by atoms with Gasteiger partial charge in [-0.2, -0.15) is 0 Å². The Bertz CT molecular complexity index is 3310. The fourth-order valence-electron chi connectivity index (χ4n) is 8.47. The van der Waals surface area contributed by atoms with E-state index in [4.69, 9.17) is 19.4 Å². The molecule has 0 saturated carbocycles. The SMILES string of the molecule is c1ccc(-c2nc(-c3ccc(-c4cc(-c5ccccc5)c(-c5ccccc5)c(-c5ccccc5)c4-c4ccccc4)cc3)nc(-c3ccc4c(c3)oc3ccccc34)n2)cc1. The predicted octanol–water partition coefficient (Wildman–Crippen LogP) is 15.1. The maximum atomic E-state index is 6.28. The van der Waals surface area contributed by atoms with Crippen molar-refractivity contribution in [2.24, 2.45) is 0 Å². The number of hydrogen-bond acceptors (Lipinski definition) is 4. The number of furan rings is 1. The number of benzene rings is 9. The van der Waals surface area contributed by atoms with Crippen molar-refractivity contribution in [3.63, 3.8) is 0 Å². The lowest BCUT2D eigenvalue weighted by Crippen LogP contribution is -2.00. The van der Waals surface area contributed by atoms with Crippen LogP contribution < -0.4 is 0 Å². The summed E-state index contributed by atoms with van der Waals surface area (Å²) in [5.41, 5.74) is 15.9. The van der Waals surface area contributed by atoms with Crippen molar-refractivity contribution < 1.29 is 4.42 Å². The Morgan fingerprint density at radius 1 is 0.246 bits per heavy atom. The van der Waals surface area contributed by atoms with Crippen LogP contribution in [0.1, 0.15) is 0 Å². The summed E-state index contributed by atoms with van der Waals surface area (Å²) in [4.78, 5) is 15.2. The molecule has 0 aliphatic rings. The van der Waals surface area contributed by atoms with Crippen molar-refractivity contribution in [3.8, 4) is 89.8 Å². The van der Waals surface area contributed by atoms with Gasteiger partial charge in [-0.1, -0.05) is 200 Å². The molecule has 0 saturated heterocycles. The van der Waals surface area contributed by atoms with Crippen LogP contribution in [0.4, 0.5) is 0 Å². The molecule has 9 aromatic carbocycles. The third kappa shape index (κ3) is 6.76. The minimum absolute atomic E-state index is 0.582. The van der Waals surface area contributed by atoms with E-state index < -0.39 is 0 Å². The van der Waals surface area contributed by atoms with Gasteiger partial charge in [-0.25, -0.2) is 15.0 Å². The number of nitrogens with zero attached hydrogens (tertiary/aromatic N) is 3. The van der Waals surface area contributed by atoms with Crippen molar-refractivity contribution in [3.05, 3.63) is 224 Å². The predicted molar refractivity (Wildman–Crippen MR) is 251 cm³/mol. The van der Waals surface area contributed by atoms with E-state index in [9.17, 15) is 0 Å². The molecule has 61 heavy (non-hydrogen) atoms. The molecule has 0 aliphatic heterocycles. The second-order valence-corrected chi connectivity index (χ2v) is 15.1. The van der Waals surface area contributed by atoms with Gasteiger partial charge >= 0.3 is 0 Å². The van der Waals surface area contributed by atoms with Gasteiger partial charge in [-0.3, -0.25) is 0 Å². The molecular formula is C57H37N3O. The molecule has 0 aliphatic carbocycles. The van der Waals surface area contributed by atoms with Crippen LogP contribution in [0.2, 0.25) is 0 Å². The molecule has 4 nitrogen and oxygen atoms in total. The molecule has 0 spiro atoms. The lowest BCUT2D eigenvalue weighted by Gasteiger charge is -2.24. The molecule has 4 heteroatoms. The maximum Gasteiger partial charge on any atom is 0.164 e. The van der Waals surface area contributed by atoms with E-state index in [0.717, 1.165) is 66.4 Å². The highest BCUT2D eigenvalue weighted by Crippen LogP contribution is 2.50. The molecule has 2 heterocycles. The molecule has 0 unspecified atom stereocenters. The largest absolute Gasteiger partial charge is 0.456 e. The van der Waals surface area contributed by atoms with Crippen molar-refractivity contribution in [2.75, 3.05) is 0 Å². The molecule has 11 aromatic rings. The van der Waals surface area contributed by atoms with E-state index in [-0.39, 0.29) is 0 Å². The zero-order valence-corrected chi connectivity index (χ0v) is 33.1. The number of hydrogen-bond donors (Lipinski definition) is 0. The summed E-state index contributed by atoms with van der Waals surface area (Å²) in [5, 5.41) is 2.15. The standard InChI is InChI=1S/C57H37N3O/c1-6-18-38(19-7-1)48-37-49(53(41-22-10-3-11-23-41)54(42-24-12-4-13-25-42)52(48)40-20-8-2-9-21-40)39-30-32-44(33-31-39)56-58-55(43-26-14-5-15-27-43)59-57(60-56)45-34-35-47-46-28-16-17-29-50(46)61-51(47)36-45/h1-37H. The Morgan fingerprint density at radius 2 is 0.607 bits per heavy atom. The second kappa shape index (κ2) is 15.5. The van der Waals surface area contributed by atoms with Crippen LogP contribution in [-0.2, 0) is 0 Å². The summed E-state index contributed by atoms with van der Waals surface area (Å²) < 4.78 is 6.28. The normalized spacial score (nSPS) is 11.3. The molecule has 0 N–H and O–H groups in total. The van der Waals surface area contributed by atoms with Crippen LogP contribution in [-0.4, -0.2) is 15.0 Å². The number of rotatable bonds is 8. The van der Waals surface area contributed by atoms with Crippen molar-refractivity contribution in [1.29, 1.82) is 0 Å². The first kappa shape index (κ1) is 35.9. The van der Waals surface area contributed by atoms with E-state index >= 15 is 0 Å². The van der Waals surface area contributed by atoms with E-state index in [0.29, 0.717) is 17.5 Å². The number of aromatic nitrogens is 3. The van der Waals surface area contributed by atoms with Gasteiger partial charge in [0.2, 0.25) is 0 Å². The van der Waals surface area contributed by atoms with Gasteiger partial charge in [0.25, 0.3) is 0 Å². The first-order chi connectivity index (χ1) is 30.2. The second-order valence-electron chi connectivity index (χ2n) is 15.1. The van der Waals surface area contributed by atoms with Crippen LogP contribution in [0, 0.1) is 0 Å². The van der Waals surface area contributed by atoms with E-state index in [1.54, 1.807) is 0 Å². The Hall–Kier alpha value is -8.21. The fourth-order valence-corrected chi connectivity index (χ4v) is 8.47. The Kier molecular flexibility index (Phi) is 9.14. The van der Waals surface area contributed by atoms with Crippen LogP contribution in [0.3, 0.4) is 0 Å². The molecule has 2 aromatic heterocycles. The van der Waals surface area contributed by atoms with Gasteiger partial charge in [0.1, 0.15) is 11.2 Å². The Morgan fingerprint density at radius 3 is 1.15 bits per heavy atom. The van der Waals surface area contributed by atoms with Gasteiger partial charge < -0.3 is 4.42 Å². The topological polar surface area (TPSA) is 51.8 Å². The minimum Gasteiger partial charge on any atom is -0.456 e. The minimum atomic E-state index is 0.582. The molecule has 0 radical (unpaired) electrons. The van der Waals surface area contributed by atoms with Gasteiger partial charge in [0.05, 0.1) is 0 Å². The van der Waals surface area contributed by atoms with E-state index in [1.807, 2.05) is 54.6 Å². The Balaban J connectivity index is 1.11. The van der Waals surface area contributed by atoms with Crippen molar-refractivity contribution >= 4 is 21.9 Å². The van der Waals surface area contributed by atoms with Crippen LogP contribution in [0.5, 0.6) is 0 Å². The van der Waals surface area contributed by atoms with Crippen LogP contribution in [0.25, 0.3) is 112 Å². The number of fused-ring (bicyclic) bond motifs is 3. The van der Waals surface area contributed by atoms with E-state index in [1.165, 1.54) is 27.8 Å². The summed E-state index contributed by atoms with van der Waals surface area (Å²) in [5.74, 6) is 1.79. The molecule has 0 amide bonds. The maximum absolute atomic E-state index is 6.28. The number of para-hydroxylation sites is 1. The smallest absolute Gasteiger partial charge is 0.164 e. The molecule has 286 valence electrons. The highest BCUT2D eigenvalue weighted by Gasteiger charge is 2.24. The zero-order valence-electron chi connectivity index (χ0n) is 33.1. The van der Waals surface area contributed by atoms with Gasteiger partial charge in [-0.15, -0.1) is 0 Å². The summed E-state index contributed by atoms with van der Waals surface area (Å²) in [6, 6.07) is 78.5. The summed E-state index contributed by atoms with van der Waals surface area (Å²) in [6.45, 7) is 0. The third-order valence-corrected chi connectivity index (χ3v) is 11.4. The van der Waals surface area contributed by atoms with Gasteiger partial charge in [-0.05, 0) is 79.9 Å². The fraction of sp³-hybridized carbons (Fsp3) is 0. The lowest BCUT2D eigenvalue weighted by molar-refractivity contribution is 0.669. The first-order valence-corrected chi connectivity index (χ1v) is 20.5. The summed E-state index contributed by atoms with van der Waals surface area (Å²) in [7, 11) is 0. The summed E-state index contributed by atoms with van der Waals surface area (Å²) in [6.07, 6.45) is 0. The van der Waals surface area contributed by atoms with Crippen molar-refractivity contribution in [1.82, 2.24) is 15.0 Å². The highest BCUT2D eigenvalue weighted by atomic mass is 16.3. The molecule has 11 rings (SSSR count). The average molecular weight is 780 g/mol. The van der Waals surface area contributed by atoms with Gasteiger partial charge in [0, 0.05) is 27.5 Å². The quantitative estimate of drug-likeness (QED) is 0.154. The Labute approximate surface area is 354 Å². The highest BCUT2D eigenvalue weighted by molar-refractivity contribution is 6.08. The lowest BCUT2D eigenvalue weighted by atomic mass is 9.79.